The Labute approximate surface area is 158 Å². The van der Waals surface area contributed by atoms with Gasteiger partial charge >= 0.3 is 6.03 Å². The van der Waals surface area contributed by atoms with Crippen LogP contribution in [0.5, 0.6) is 5.75 Å². The molecule has 1 fully saturated rings. The molecular formula is C21H24N4O2. The first-order valence-corrected chi connectivity index (χ1v) is 9.32. The standard InChI is InChI=1S/C21H24N4O2/c1-14-9-11-25(12-10-14)21(26)22-20-18-8-5-16(13-19(18)23-24-20)15-3-6-17(27-2)7-4-15/h3-8,13-14H,9-12H2,1-2H3,(H2,22,23,24,26). The van der Waals surface area contributed by atoms with Crippen LogP contribution in [0.3, 0.4) is 0 Å². The van der Waals surface area contributed by atoms with Crippen LogP contribution in [-0.4, -0.2) is 41.3 Å². The van der Waals surface area contributed by atoms with Gasteiger partial charge < -0.3 is 9.64 Å². The Kier molecular flexibility index (Phi) is 4.71. The van der Waals surface area contributed by atoms with Gasteiger partial charge in [0.2, 0.25) is 0 Å². The number of aromatic amines is 1. The summed E-state index contributed by atoms with van der Waals surface area (Å²) >= 11 is 0. The summed E-state index contributed by atoms with van der Waals surface area (Å²) in [6, 6.07) is 13.9. The highest BCUT2D eigenvalue weighted by Gasteiger charge is 2.21. The van der Waals surface area contributed by atoms with Crippen molar-refractivity contribution in [2.24, 2.45) is 5.92 Å². The van der Waals surface area contributed by atoms with Crippen LogP contribution < -0.4 is 10.1 Å². The fraction of sp³-hybridized carbons (Fsp3) is 0.333. The lowest BCUT2D eigenvalue weighted by molar-refractivity contribution is 0.186. The molecule has 1 aliphatic heterocycles. The van der Waals surface area contributed by atoms with Crippen LogP contribution >= 0.6 is 0 Å². The van der Waals surface area contributed by atoms with Gasteiger partial charge in [0.1, 0.15) is 5.75 Å². The fourth-order valence-corrected chi connectivity index (χ4v) is 3.47. The van der Waals surface area contributed by atoms with Crippen LogP contribution in [-0.2, 0) is 0 Å². The molecule has 6 nitrogen and oxygen atoms in total. The molecule has 1 aliphatic rings. The molecule has 0 saturated carbocycles. The number of carbonyl (C=O) groups is 1. The van der Waals surface area contributed by atoms with Gasteiger partial charge in [0, 0.05) is 18.5 Å². The lowest BCUT2D eigenvalue weighted by Crippen LogP contribution is -2.40. The van der Waals surface area contributed by atoms with E-state index in [0.29, 0.717) is 11.7 Å². The first kappa shape index (κ1) is 17.4. The van der Waals surface area contributed by atoms with Crippen molar-refractivity contribution in [2.75, 3.05) is 25.5 Å². The zero-order chi connectivity index (χ0) is 18.8. The van der Waals surface area contributed by atoms with Crippen molar-refractivity contribution in [1.29, 1.82) is 0 Å². The van der Waals surface area contributed by atoms with E-state index >= 15 is 0 Å². The fourth-order valence-electron chi connectivity index (χ4n) is 3.47. The second-order valence-corrected chi connectivity index (χ2v) is 7.16. The summed E-state index contributed by atoms with van der Waals surface area (Å²) in [7, 11) is 1.66. The van der Waals surface area contributed by atoms with Crippen LogP contribution in [0.15, 0.2) is 42.5 Å². The normalized spacial score (nSPS) is 15.1. The number of amides is 2. The van der Waals surface area contributed by atoms with Gasteiger partial charge in [-0.15, -0.1) is 0 Å². The van der Waals surface area contributed by atoms with Crippen molar-refractivity contribution in [3.05, 3.63) is 42.5 Å². The average molecular weight is 364 g/mol. The molecule has 0 spiro atoms. The number of fused-ring (bicyclic) bond motifs is 1. The summed E-state index contributed by atoms with van der Waals surface area (Å²) in [6.45, 7) is 3.84. The summed E-state index contributed by atoms with van der Waals surface area (Å²) < 4.78 is 5.21. The molecular weight excluding hydrogens is 340 g/mol. The van der Waals surface area contributed by atoms with Crippen molar-refractivity contribution in [3.63, 3.8) is 0 Å². The van der Waals surface area contributed by atoms with Gasteiger partial charge in [-0.1, -0.05) is 25.1 Å². The van der Waals surface area contributed by atoms with Gasteiger partial charge in [0.25, 0.3) is 0 Å². The number of piperidine rings is 1. The van der Waals surface area contributed by atoms with E-state index in [1.165, 1.54) is 0 Å². The zero-order valence-corrected chi connectivity index (χ0v) is 15.7. The van der Waals surface area contributed by atoms with Crippen LogP contribution in [0.25, 0.3) is 22.0 Å². The monoisotopic (exact) mass is 364 g/mol. The second-order valence-electron chi connectivity index (χ2n) is 7.16. The van der Waals surface area contributed by atoms with E-state index < -0.39 is 0 Å². The number of hydrogen-bond acceptors (Lipinski definition) is 3. The minimum absolute atomic E-state index is 0.0745. The SMILES string of the molecule is COc1ccc(-c2ccc3c(NC(=O)N4CCC(C)CC4)n[nH]c3c2)cc1. The largest absolute Gasteiger partial charge is 0.497 e. The molecule has 2 aromatic carbocycles. The molecule has 0 atom stereocenters. The first-order valence-electron chi connectivity index (χ1n) is 9.32. The molecule has 0 unspecified atom stereocenters. The number of methoxy groups -OCH3 is 1. The predicted octanol–water partition coefficient (Wildman–Crippen LogP) is 4.50. The van der Waals surface area contributed by atoms with E-state index in [2.05, 4.69) is 22.4 Å². The van der Waals surface area contributed by atoms with Gasteiger partial charge in [0.15, 0.2) is 5.82 Å². The number of hydrogen-bond donors (Lipinski definition) is 2. The maximum absolute atomic E-state index is 12.5. The first-order chi connectivity index (χ1) is 13.1. The van der Waals surface area contributed by atoms with Crippen LogP contribution in [0, 0.1) is 5.92 Å². The number of aromatic nitrogens is 2. The predicted molar refractivity (Wildman–Crippen MR) is 107 cm³/mol. The molecule has 0 aliphatic carbocycles. The number of nitrogens with zero attached hydrogens (tertiary/aromatic N) is 2. The van der Waals surface area contributed by atoms with E-state index in [1.54, 1.807) is 7.11 Å². The number of H-pyrrole nitrogens is 1. The Hall–Kier alpha value is -3.02. The molecule has 2 N–H and O–H groups in total. The number of nitrogens with one attached hydrogen (secondary N) is 2. The summed E-state index contributed by atoms with van der Waals surface area (Å²) in [5.74, 6) is 2.10. The quantitative estimate of drug-likeness (QED) is 0.719. The molecule has 0 bridgehead atoms. The highest BCUT2D eigenvalue weighted by molar-refractivity contribution is 6.00. The van der Waals surface area contributed by atoms with E-state index in [9.17, 15) is 4.79 Å². The van der Waals surface area contributed by atoms with Gasteiger partial charge in [0.05, 0.1) is 12.6 Å². The minimum Gasteiger partial charge on any atom is -0.497 e. The van der Waals surface area contributed by atoms with E-state index in [-0.39, 0.29) is 6.03 Å². The minimum atomic E-state index is -0.0745. The van der Waals surface area contributed by atoms with Crippen LogP contribution in [0.2, 0.25) is 0 Å². The van der Waals surface area contributed by atoms with Crippen molar-refractivity contribution in [2.45, 2.75) is 19.8 Å². The highest BCUT2D eigenvalue weighted by atomic mass is 16.5. The van der Waals surface area contributed by atoms with E-state index in [4.69, 9.17) is 4.74 Å². The number of ether oxygens (including phenoxy) is 1. The van der Waals surface area contributed by atoms with E-state index in [1.807, 2.05) is 47.4 Å². The summed E-state index contributed by atoms with van der Waals surface area (Å²) in [6.07, 6.45) is 2.11. The molecule has 6 heteroatoms. The van der Waals surface area contributed by atoms with Crippen LogP contribution in [0.1, 0.15) is 19.8 Å². The third-order valence-corrected chi connectivity index (χ3v) is 5.28. The van der Waals surface area contributed by atoms with Gasteiger partial charge in [-0.2, -0.15) is 5.10 Å². The van der Waals surface area contributed by atoms with Crippen molar-refractivity contribution < 1.29 is 9.53 Å². The molecule has 1 aromatic heterocycles. The molecule has 27 heavy (non-hydrogen) atoms. The Morgan fingerprint density at radius 1 is 1.15 bits per heavy atom. The third kappa shape index (κ3) is 3.60. The zero-order valence-electron chi connectivity index (χ0n) is 15.7. The Morgan fingerprint density at radius 2 is 1.85 bits per heavy atom. The van der Waals surface area contributed by atoms with E-state index in [0.717, 1.165) is 53.7 Å². The molecule has 4 rings (SSSR count). The second kappa shape index (κ2) is 7.31. The molecule has 3 aromatic rings. The Bertz CT molecular complexity index is 940. The number of anilines is 1. The molecule has 1 saturated heterocycles. The smallest absolute Gasteiger partial charge is 0.323 e. The Balaban J connectivity index is 1.52. The number of rotatable bonds is 3. The number of likely N-dealkylation sites (tertiary alicyclic amines) is 1. The number of carbonyl (C=O) groups excluding carboxylic acids is 1. The summed E-state index contributed by atoms with van der Waals surface area (Å²) in [5, 5.41) is 11.2. The van der Waals surface area contributed by atoms with Crippen molar-refractivity contribution >= 4 is 22.8 Å². The molecule has 2 heterocycles. The molecule has 140 valence electrons. The lowest BCUT2D eigenvalue weighted by atomic mass is 10.00. The summed E-state index contributed by atoms with van der Waals surface area (Å²) in [4.78, 5) is 14.4. The maximum atomic E-state index is 12.5. The molecule has 2 amide bonds. The van der Waals surface area contributed by atoms with Gasteiger partial charge in [-0.05, 0) is 54.2 Å². The topological polar surface area (TPSA) is 70.2 Å². The maximum Gasteiger partial charge on any atom is 0.323 e. The van der Waals surface area contributed by atoms with Crippen molar-refractivity contribution in [1.82, 2.24) is 15.1 Å². The number of urea groups is 1. The summed E-state index contributed by atoms with van der Waals surface area (Å²) in [5.41, 5.74) is 3.07. The van der Waals surface area contributed by atoms with Gasteiger partial charge in [-0.3, -0.25) is 10.4 Å². The van der Waals surface area contributed by atoms with Crippen LogP contribution in [0.4, 0.5) is 10.6 Å². The third-order valence-electron chi connectivity index (χ3n) is 5.28. The van der Waals surface area contributed by atoms with Crippen molar-refractivity contribution in [3.8, 4) is 16.9 Å². The average Bonchev–Trinajstić information content (AvgIpc) is 3.10. The number of benzene rings is 2. The molecule has 0 radical (unpaired) electrons. The Morgan fingerprint density at radius 3 is 2.56 bits per heavy atom. The lowest BCUT2D eigenvalue weighted by Gasteiger charge is -2.30. The highest BCUT2D eigenvalue weighted by Crippen LogP contribution is 2.28. The van der Waals surface area contributed by atoms with Gasteiger partial charge in [-0.25, -0.2) is 4.79 Å².